The van der Waals surface area contributed by atoms with Crippen LogP contribution >= 0.6 is 0 Å². The molecule has 0 spiro atoms. The molecule has 3 aromatic rings. The van der Waals surface area contributed by atoms with Crippen molar-refractivity contribution in [3.05, 3.63) is 41.6 Å². The van der Waals surface area contributed by atoms with Crippen molar-refractivity contribution in [1.29, 1.82) is 0 Å². The van der Waals surface area contributed by atoms with Crippen molar-refractivity contribution < 1.29 is 9.21 Å². The summed E-state index contributed by atoms with van der Waals surface area (Å²) >= 11 is 0. The molecule has 0 aliphatic carbocycles. The van der Waals surface area contributed by atoms with E-state index in [0.29, 0.717) is 35.8 Å². The second kappa shape index (κ2) is 5.47. The van der Waals surface area contributed by atoms with Crippen LogP contribution in [0.1, 0.15) is 36.0 Å². The van der Waals surface area contributed by atoms with E-state index in [4.69, 9.17) is 4.42 Å². The third-order valence-corrected chi connectivity index (χ3v) is 4.29. The lowest BCUT2D eigenvalue weighted by molar-refractivity contribution is 0.0959. The summed E-state index contributed by atoms with van der Waals surface area (Å²) in [5.41, 5.74) is 2.60. The van der Waals surface area contributed by atoms with Crippen molar-refractivity contribution >= 4 is 22.9 Å². The summed E-state index contributed by atoms with van der Waals surface area (Å²) < 4.78 is 7.83. The molecule has 1 aliphatic heterocycles. The number of nitrogens with zero attached hydrogens (tertiary/aromatic N) is 4. The fraction of sp³-hybridized carbons (Fsp3) is 0.389. The normalized spacial score (nSPS) is 13.9. The summed E-state index contributed by atoms with van der Waals surface area (Å²) in [6.07, 6.45) is 0.729. The summed E-state index contributed by atoms with van der Waals surface area (Å²) in [6.45, 7) is 7.37. The van der Waals surface area contributed by atoms with Gasteiger partial charge < -0.3 is 8.98 Å². The molecule has 6 nitrogen and oxygen atoms in total. The van der Waals surface area contributed by atoms with Gasteiger partial charge in [0.1, 0.15) is 0 Å². The highest BCUT2D eigenvalue weighted by Gasteiger charge is 2.32. The standard InChI is InChI=1S/C18H20N4O2/c1-11(2)10-15-19-12(3)16(24-15)17(23)22-9-8-21-14-7-5-4-6-13(14)20-18(21)22/h4-7,11H,8-10H2,1-3H3. The number of fused-ring (bicyclic) bond motifs is 3. The van der Waals surface area contributed by atoms with Crippen LogP contribution in [-0.2, 0) is 13.0 Å². The van der Waals surface area contributed by atoms with Crippen LogP contribution in [0.4, 0.5) is 5.95 Å². The first-order chi connectivity index (χ1) is 11.5. The lowest BCUT2D eigenvalue weighted by Crippen LogP contribution is -2.29. The smallest absolute Gasteiger partial charge is 0.298 e. The Morgan fingerprint density at radius 2 is 2.04 bits per heavy atom. The quantitative estimate of drug-likeness (QED) is 0.742. The van der Waals surface area contributed by atoms with E-state index in [1.807, 2.05) is 31.2 Å². The zero-order valence-electron chi connectivity index (χ0n) is 14.1. The minimum atomic E-state index is -0.163. The molecule has 1 aromatic carbocycles. The fourth-order valence-electron chi connectivity index (χ4n) is 3.19. The maximum atomic E-state index is 12.9. The van der Waals surface area contributed by atoms with Crippen LogP contribution < -0.4 is 4.90 Å². The first-order valence-electron chi connectivity index (χ1n) is 8.28. The minimum Gasteiger partial charge on any atom is -0.435 e. The number of amides is 1. The zero-order chi connectivity index (χ0) is 16.8. The predicted octanol–water partition coefficient (Wildman–Crippen LogP) is 3.19. The molecular formula is C18H20N4O2. The minimum absolute atomic E-state index is 0.163. The van der Waals surface area contributed by atoms with Gasteiger partial charge in [0.2, 0.25) is 11.7 Å². The van der Waals surface area contributed by atoms with Gasteiger partial charge in [0.05, 0.1) is 16.7 Å². The van der Waals surface area contributed by atoms with E-state index in [0.717, 1.165) is 24.0 Å². The van der Waals surface area contributed by atoms with Crippen molar-refractivity contribution in [2.24, 2.45) is 5.92 Å². The SMILES string of the molecule is Cc1nc(CC(C)C)oc1C(=O)N1CCn2c1nc1ccccc12. The zero-order valence-corrected chi connectivity index (χ0v) is 14.1. The van der Waals surface area contributed by atoms with E-state index in [-0.39, 0.29) is 5.91 Å². The van der Waals surface area contributed by atoms with E-state index in [9.17, 15) is 4.79 Å². The van der Waals surface area contributed by atoms with Gasteiger partial charge in [-0.2, -0.15) is 0 Å². The Hall–Kier alpha value is -2.63. The number of rotatable bonds is 3. The van der Waals surface area contributed by atoms with Crippen LogP contribution in [-0.4, -0.2) is 27.0 Å². The average molecular weight is 324 g/mol. The number of carbonyl (C=O) groups excluding carboxylic acids is 1. The number of anilines is 1. The lowest BCUT2D eigenvalue weighted by atomic mass is 10.1. The van der Waals surface area contributed by atoms with Gasteiger partial charge >= 0.3 is 0 Å². The molecule has 0 saturated carbocycles. The molecule has 3 heterocycles. The topological polar surface area (TPSA) is 64.2 Å². The van der Waals surface area contributed by atoms with Crippen LogP contribution in [0, 0.1) is 12.8 Å². The molecule has 0 radical (unpaired) electrons. The van der Waals surface area contributed by atoms with Gasteiger partial charge in [0.15, 0.2) is 5.89 Å². The first kappa shape index (κ1) is 14.9. The van der Waals surface area contributed by atoms with E-state index in [1.165, 1.54) is 0 Å². The second-order valence-corrected chi connectivity index (χ2v) is 6.63. The molecule has 2 aromatic heterocycles. The third kappa shape index (κ3) is 2.29. The van der Waals surface area contributed by atoms with Crippen molar-refractivity contribution in [2.75, 3.05) is 11.4 Å². The van der Waals surface area contributed by atoms with Gasteiger partial charge in [-0.1, -0.05) is 26.0 Å². The van der Waals surface area contributed by atoms with Crippen LogP contribution in [0.3, 0.4) is 0 Å². The molecule has 0 atom stereocenters. The predicted molar refractivity (Wildman–Crippen MR) is 91.2 cm³/mol. The number of benzene rings is 1. The molecule has 0 unspecified atom stereocenters. The summed E-state index contributed by atoms with van der Waals surface area (Å²) in [7, 11) is 0. The van der Waals surface area contributed by atoms with Crippen LogP contribution in [0.25, 0.3) is 11.0 Å². The molecule has 6 heteroatoms. The van der Waals surface area contributed by atoms with Crippen molar-refractivity contribution in [3.8, 4) is 0 Å². The van der Waals surface area contributed by atoms with Gasteiger partial charge in [0, 0.05) is 19.5 Å². The number of aromatic nitrogens is 3. The maximum Gasteiger partial charge on any atom is 0.298 e. The highest BCUT2D eigenvalue weighted by Crippen LogP contribution is 2.29. The molecule has 0 bridgehead atoms. The van der Waals surface area contributed by atoms with Gasteiger partial charge in [0.25, 0.3) is 5.91 Å². The largest absolute Gasteiger partial charge is 0.435 e. The fourth-order valence-corrected chi connectivity index (χ4v) is 3.19. The van der Waals surface area contributed by atoms with Crippen LogP contribution in [0.15, 0.2) is 28.7 Å². The molecule has 4 rings (SSSR count). The number of aryl methyl sites for hydroxylation is 1. The molecular weight excluding hydrogens is 304 g/mol. The molecule has 0 fully saturated rings. The summed E-state index contributed by atoms with van der Waals surface area (Å²) in [5, 5.41) is 0. The molecule has 124 valence electrons. The van der Waals surface area contributed by atoms with Crippen LogP contribution in [0.5, 0.6) is 0 Å². The van der Waals surface area contributed by atoms with Gasteiger partial charge in [-0.3, -0.25) is 9.69 Å². The number of hydrogen-bond acceptors (Lipinski definition) is 4. The summed E-state index contributed by atoms with van der Waals surface area (Å²) in [5.74, 6) is 1.90. The number of oxazole rings is 1. The Balaban J connectivity index is 1.69. The Labute approximate surface area is 140 Å². The Morgan fingerprint density at radius 3 is 2.83 bits per heavy atom. The maximum absolute atomic E-state index is 12.9. The van der Waals surface area contributed by atoms with Crippen molar-refractivity contribution in [3.63, 3.8) is 0 Å². The number of hydrogen-bond donors (Lipinski definition) is 0. The number of imidazole rings is 1. The van der Waals surface area contributed by atoms with Gasteiger partial charge in [-0.05, 0) is 25.0 Å². The molecule has 1 aliphatic rings. The van der Waals surface area contributed by atoms with Crippen molar-refractivity contribution in [1.82, 2.24) is 14.5 Å². The first-order valence-corrected chi connectivity index (χ1v) is 8.28. The third-order valence-electron chi connectivity index (χ3n) is 4.29. The van der Waals surface area contributed by atoms with Gasteiger partial charge in [-0.15, -0.1) is 0 Å². The Bertz CT molecular complexity index is 922. The van der Waals surface area contributed by atoms with E-state index in [2.05, 4.69) is 28.4 Å². The van der Waals surface area contributed by atoms with Crippen LogP contribution in [0.2, 0.25) is 0 Å². The van der Waals surface area contributed by atoms with Gasteiger partial charge in [-0.25, -0.2) is 9.97 Å². The monoisotopic (exact) mass is 324 g/mol. The molecule has 0 saturated heterocycles. The van der Waals surface area contributed by atoms with E-state index in [1.54, 1.807) is 4.90 Å². The Kier molecular flexibility index (Phi) is 3.40. The van der Waals surface area contributed by atoms with E-state index < -0.39 is 0 Å². The second-order valence-electron chi connectivity index (χ2n) is 6.63. The molecule has 24 heavy (non-hydrogen) atoms. The highest BCUT2D eigenvalue weighted by atomic mass is 16.4. The lowest BCUT2D eigenvalue weighted by Gasteiger charge is -2.12. The highest BCUT2D eigenvalue weighted by molar-refractivity contribution is 6.05. The average Bonchev–Trinajstić information content (AvgIpc) is 3.19. The summed E-state index contributed by atoms with van der Waals surface area (Å²) in [4.78, 5) is 23.6. The van der Waals surface area contributed by atoms with E-state index >= 15 is 0 Å². The molecule has 0 N–H and O–H groups in total. The number of carbonyl (C=O) groups is 1. The van der Waals surface area contributed by atoms with Crippen molar-refractivity contribution in [2.45, 2.75) is 33.7 Å². The molecule has 1 amide bonds. The Morgan fingerprint density at radius 1 is 1.25 bits per heavy atom. The number of para-hydroxylation sites is 2. The summed E-state index contributed by atoms with van der Waals surface area (Å²) in [6, 6.07) is 7.93.